The molecule has 0 amide bonds. The Morgan fingerprint density at radius 3 is 2.42 bits per heavy atom. The van der Waals surface area contributed by atoms with Crippen molar-refractivity contribution in [1.29, 1.82) is 0 Å². The predicted molar refractivity (Wildman–Crippen MR) is 73.0 cm³/mol. The minimum absolute atomic E-state index is 0.529. The van der Waals surface area contributed by atoms with Crippen molar-refractivity contribution in [3.63, 3.8) is 0 Å². The Balaban J connectivity index is 2.29. The predicted octanol–water partition coefficient (Wildman–Crippen LogP) is -0.341. The first-order valence-electron chi connectivity index (χ1n) is 6.62. The molecule has 12 heteroatoms. The second-order valence-corrected chi connectivity index (χ2v) is 4.94. The fourth-order valence-corrected chi connectivity index (χ4v) is 2.13. The van der Waals surface area contributed by atoms with Gasteiger partial charge in [-0.05, 0) is 6.07 Å². The molecule has 0 aliphatic carbocycles. The van der Waals surface area contributed by atoms with Crippen molar-refractivity contribution in [1.82, 2.24) is 0 Å². The molecule has 1 heterocycles. The topological polar surface area (TPSA) is 165 Å². The normalized spacial score (nSPS) is 29.9. The van der Waals surface area contributed by atoms with Gasteiger partial charge in [-0.2, -0.15) is 0 Å². The number of ether oxygens (including phenoxy) is 2. The molecule has 1 aromatic carbocycles. The summed E-state index contributed by atoms with van der Waals surface area (Å²) >= 11 is 0. The highest BCUT2D eigenvalue weighted by Gasteiger charge is 2.46. The molecular weight excluding hydrogens is 335 g/mol. The summed E-state index contributed by atoms with van der Waals surface area (Å²) in [5.74, 6) is -0.529. The molecule has 1 aromatic rings. The van der Waals surface area contributed by atoms with Crippen LogP contribution in [0.1, 0.15) is 0 Å². The zero-order valence-electron chi connectivity index (χ0n) is 11.9. The number of hydrogen-bond donors (Lipinski definition) is 3. The Morgan fingerprint density at radius 1 is 1.21 bits per heavy atom. The molecule has 1 aliphatic heterocycles. The zero-order chi connectivity index (χ0) is 18.0. The van der Waals surface area contributed by atoms with Gasteiger partial charge >= 0.3 is 5.69 Å². The second-order valence-electron chi connectivity index (χ2n) is 4.94. The van der Waals surface area contributed by atoms with Crippen LogP contribution in [0.15, 0.2) is 18.2 Å². The van der Waals surface area contributed by atoms with Gasteiger partial charge in [0.1, 0.15) is 18.3 Å². The Hall–Kier alpha value is -2.41. The maximum absolute atomic E-state index is 14.0. The van der Waals surface area contributed by atoms with E-state index in [4.69, 9.17) is 14.6 Å². The third kappa shape index (κ3) is 3.41. The number of alkyl halides is 1. The molecule has 5 atom stereocenters. The largest absolute Gasteiger partial charge is 0.454 e. The smallest absolute Gasteiger partial charge is 0.317 e. The van der Waals surface area contributed by atoms with Crippen molar-refractivity contribution in [2.45, 2.75) is 30.8 Å². The lowest BCUT2D eigenvalue weighted by molar-refractivity contribution is -0.395. The third-order valence-electron chi connectivity index (χ3n) is 3.40. The molecular formula is C12H13FN2O9. The van der Waals surface area contributed by atoms with Gasteiger partial charge in [-0.3, -0.25) is 20.2 Å². The standard InChI is InChI=1S/C12H13FN2O9/c13-9-11(18)10(17)8(4-16)24-12(9)23-7-2-1-5(14(19)20)3-6(7)15(21)22/h1-3,8-12,16-18H,4H2/t8-,9+,10-,11-,12-/m1/s1. The van der Waals surface area contributed by atoms with Crippen molar-refractivity contribution in [3.05, 3.63) is 38.4 Å². The molecule has 0 unspecified atom stereocenters. The maximum atomic E-state index is 14.0. The molecule has 1 saturated heterocycles. The van der Waals surface area contributed by atoms with E-state index < -0.39 is 64.4 Å². The number of non-ortho nitro benzene ring substituents is 1. The number of nitro groups is 2. The van der Waals surface area contributed by atoms with Gasteiger partial charge < -0.3 is 24.8 Å². The summed E-state index contributed by atoms with van der Waals surface area (Å²) in [4.78, 5) is 19.8. The number of rotatable bonds is 5. The molecule has 0 bridgehead atoms. The molecule has 0 aromatic heterocycles. The summed E-state index contributed by atoms with van der Waals surface area (Å²) in [5, 5.41) is 49.8. The van der Waals surface area contributed by atoms with Crippen molar-refractivity contribution < 1.29 is 39.0 Å². The van der Waals surface area contributed by atoms with E-state index in [0.717, 1.165) is 12.1 Å². The van der Waals surface area contributed by atoms with Crippen LogP contribution in [0.4, 0.5) is 15.8 Å². The van der Waals surface area contributed by atoms with E-state index in [-0.39, 0.29) is 0 Å². The first-order chi connectivity index (χ1) is 11.3. The van der Waals surface area contributed by atoms with E-state index in [2.05, 4.69) is 0 Å². The van der Waals surface area contributed by atoms with Crippen LogP contribution < -0.4 is 4.74 Å². The Bertz CT molecular complexity index is 641. The maximum Gasteiger partial charge on any atom is 0.317 e. The second kappa shape index (κ2) is 7.00. The SMILES string of the molecule is O=[N+]([O-])c1ccc(O[C@@H]2O[C@H](CO)[C@@H](O)[C@H](O)[C@@H]2F)c([N+](=O)[O-])c1. The van der Waals surface area contributed by atoms with Crippen LogP contribution in [0.2, 0.25) is 0 Å². The number of nitrogens with zero attached hydrogens (tertiary/aromatic N) is 2. The van der Waals surface area contributed by atoms with Gasteiger partial charge in [-0.1, -0.05) is 0 Å². The fourth-order valence-electron chi connectivity index (χ4n) is 2.13. The average Bonchev–Trinajstić information content (AvgIpc) is 2.55. The van der Waals surface area contributed by atoms with Gasteiger partial charge in [0.05, 0.1) is 22.5 Å². The summed E-state index contributed by atoms with van der Waals surface area (Å²) in [7, 11) is 0. The van der Waals surface area contributed by atoms with Crippen LogP contribution in [0.25, 0.3) is 0 Å². The van der Waals surface area contributed by atoms with Gasteiger partial charge in [0.15, 0.2) is 6.17 Å². The lowest BCUT2D eigenvalue weighted by Crippen LogP contribution is -2.58. The molecule has 24 heavy (non-hydrogen) atoms. The van der Waals surface area contributed by atoms with Gasteiger partial charge in [-0.15, -0.1) is 0 Å². The van der Waals surface area contributed by atoms with Crippen molar-refractivity contribution in [3.8, 4) is 5.75 Å². The van der Waals surface area contributed by atoms with Crippen molar-refractivity contribution in [2.75, 3.05) is 6.61 Å². The van der Waals surface area contributed by atoms with Crippen LogP contribution >= 0.6 is 0 Å². The van der Waals surface area contributed by atoms with Crippen molar-refractivity contribution in [2.24, 2.45) is 0 Å². The Morgan fingerprint density at radius 2 is 1.88 bits per heavy atom. The van der Waals surface area contributed by atoms with E-state index in [1.165, 1.54) is 0 Å². The Labute approximate surface area is 133 Å². The minimum Gasteiger partial charge on any atom is -0.454 e. The highest BCUT2D eigenvalue weighted by molar-refractivity contribution is 5.53. The lowest BCUT2D eigenvalue weighted by atomic mass is 10.0. The molecule has 3 N–H and O–H groups in total. The van der Waals surface area contributed by atoms with Gasteiger partial charge in [0, 0.05) is 6.07 Å². The van der Waals surface area contributed by atoms with Gasteiger partial charge in [-0.25, -0.2) is 4.39 Å². The number of benzene rings is 1. The van der Waals surface area contributed by atoms with E-state index in [9.17, 15) is 34.8 Å². The third-order valence-corrected chi connectivity index (χ3v) is 3.40. The first kappa shape index (κ1) is 17.9. The molecule has 1 fully saturated rings. The van der Waals surface area contributed by atoms with Crippen LogP contribution in [0.3, 0.4) is 0 Å². The lowest BCUT2D eigenvalue weighted by Gasteiger charge is -2.38. The number of nitro benzene ring substituents is 2. The molecule has 0 spiro atoms. The quantitative estimate of drug-likeness (QED) is 0.476. The Kier molecular flexibility index (Phi) is 5.23. The van der Waals surface area contributed by atoms with E-state index in [1.807, 2.05) is 0 Å². The molecule has 0 saturated carbocycles. The highest BCUT2D eigenvalue weighted by Crippen LogP contribution is 2.34. The van der Waals surface area contributed by atoms with Crippen molar-refractivity contribution >= 4 is 11.4 Å². The summed E-state index contributed by atoms with van der Waals surface area (Å²) in [5.41, 5.74) is -1.37. The van der Waals surface area contributed by atoms with Gasteiger partial charge in [0.2, 0.25) is 12.0 Å². The summed E-state index contributed by atoms with van der Waals surface area (Å²) in [6.45, 7) is -0.757. The average molecular weight is 348 g/mol. The van der Waals surface area contributed by atoms with E-state index in [0.29, 0.717) is 6.07 Å². The zero-order valence-corrected chi connectivity index (χ0v) is 11.9. The van der Waals surface area contributed by atoms with Gasteiger partial charge in [0.25, 0.3) is 5.69 Å². The fraction of sp³-hybridized carbons (Fsp3) is 0.500. The molecule has 0 radical (unpaired) electrons. The summed E-state index contributed by atoms with van der Waals surface area (Å²) in [6.07, 6.45) is -9.15. The first-order valence-corrected chi connectivity index (χ1v) is 6.62. The number of hydrogen-bond acceptors (Lipinski definition) is 9. The monoisotopic (exact) mass is 348 g/mol. The summed E-state index contributed by atoms with van der Waals surface area (Å²) in [6, 6.07) is 2.42. The molecule has 132 valence electrons. The van der Waals surface area contributed by atoms with Crippen LogP contribution in [-0.2, 0) is 4.74 Å². The minimum atomic E-state index is -2.27. The van der Waals surface area contributed by atoms with Crippen LogP contribution in [0, 0.1) is 20.2 Å². The summed E-state index contributed by atoms with van der Waals surface area (Å²) < 4.78 is 23.9. The molecule has 1 aliphatic rings. The number of halogens is 1. The number of aliphatic hydroxyl groups excluding tert-OH is 3. The van der Waals surface area contributed by atoms with E-state index in [1.54, 1.807) is 0 Å². The van der Waals surface area contributed by atoms with Crippen LogP contribution in [0.5, 0.6) is 5.75 Å². The van der Waals surface area contributed by atoms with Crippen LogP contribution in [-0.4, -0.2) is 62.5 Å². The molecule has 2 rings (SSSR count). The molecule has 11 nitrogen and oxygen atoms in total. The van der Waals surface area contributed by atoms with E-state index >= 15 is 0 Å². The number of aliphatic hydroxyl groups is 3. The highest BCUT2D eigenvalue weighted by atomic mass is 19.1.